The van der Waals surface area contributed by atoms with Crippen LogP contribution in [0.25, 0.3) is 0 Å². The molecular formula is C16H24N2O2. The molecule has 0 radical (unpaired) electrons. The Labute approximate surface area is 120 Å². The molecule has 1 heterocycles. The molecule has 2 rings (SSSR count). The quantitative estimate of drug-likeness (QED) is 0.828. The van der Waals surface area contributed by atoms with E-state index in [-0.39, 0.29) is 24.6 Å². The number of rotatable bonds is 6. The average Bonchev–Trinajstić information content (AvgIpc) is 2.88. The number of likely N-dealkylation sites (tertiary alicyclic amines) is 1. The van der Waals surface area contributed by atoms with Crippen LogP contribution in [0.1, 0.15) is 31.7 Å². The minimum Gasteiger partial charge on any atom is -0.396 e. The second-order valence-corrected chi connectivity index (χ2v) is 5.54. The van der Waals surface area contributed by atoms with Gasteiger partial charge in [0, 0.05) is 19.2 Å². The maximum absolute atomic E-state index is 12.3. The van der Waals surface area contributed by atoms with Crippen LogP contribution in [0.15, 0.2) is 30.3 Å². The Morgan fingerprint density at radius 2 is 2.20 bits per heavy atom. The van der Waals surface area contributed by atoms with Gasteiger partial charge in [0.1, 0.15) is 0 Å². The number of benzene rings is 1. The summed E-state index contributed by atoms with van der Waals surface area (Å²) < 4.78 is 0. The van der Waals surface area contributed by atoms with Gasteiger partial charge in [-0.1, -0.05) is 30.3 Å². The van der Waals surface area contributed by atoms with Crippen LogP contribution in [0.4, 0.5) is 0 Å². The Kier molecular flexibility index (Phi) is 5.56. The van der Waals surface area contributed by atoms with Crippen LogP contribution < -0.4 is 5.32 Å². The van der Waals surface area contributed by atoms with E-state index < -0.39 is 0 Å². The van der Waals surface area contributed by atoms with Gasteiger partial charge in [-0.25, -0.2) is 0 Å². The van der Waals surface area contributed by atoms with E-state index in [0.717, 1.165) is 25.9 Å². The number of carbonyl (C=O) groups is 1. The summed E-state index contributed by atoms with van der Waals surface area (Å²) in [6.07, 6.45) is 2.60. The molecule has 110 valence electrons. The predicted molar refractivity (Wildman–Crippen MR) is 79.2 cm³/mol. The van der Waals surface area contributed by atoms with Crippen LogP contribution >= 0.6 is 0 Å². The normalized spacial score (nSPS) is 20.8. The minimum atomic E-state index is -0.0312. The summed E-state index contributed by atoms with van der Waals surface area (Å²) in [6, 6.07) is 10.3. The number of hydrogen-bond acceptors (Lipinski definition) is 3. The lowest BCUT2D eigenvalue weighted by Gasteiger charge is -2.25. The summed E-state index contributed by atoms with van der Waals surface area (Å²) in [4.78, 5) is 14.5. The van der Waals surface area contributed by atoms with Gasteiger partial charge in [0.25, 0.3) is 0 Å². The highest BCUT2D eigenvalue weighted by atomic mass is 16.3. The molecule has 1 aromatic carbocycles. The van der Waals surface area contributed by atoms with Crippen molar-refractivity contribution < 1.29 is 9.90 Å². The molecule has 2 N–H and O–H groups in total. The molecule has 20 heavy (non-hydrogen) atoms. The first-order valence-corrected chi connectivity index (χ1v) is 7.40. The molecule has 0 saturated carbocycles. The SMILES string of the molecule is CC(CCO)NC(=O)C1CCCN1Cc1ccccc1. The van der Waals surface area contributed by atoms with Gasteiger partial charge >= 0.3 is 0 Å². The fraction of sp³-hybridized carbons (Fsp3) is 0.562. The molecule has 1 saturated heterocycles. The van der Waals surface area contributed by atoms with E-state index in [1.165, 1.54) is 5.56 Å². The summed E-state index contributed by atoms with van der Waals surface area (Å²) in [7, 11) is 0. The Balaban J connectivity index is 1.91. The van der Waals surface area contributed by atoms with Crippen LogP contribution in [0.2, 0.25) is 0 Å². The van der Waals surface area contributed by atoms with Crippen molar-refractivity contribution in [1.29, 1.82) is 0 Å². The molecule has 1 aliphatic heterocycles. The van der Waals surface area contributed by atoms with Gasteiger partial charge in [-0.15, -0.1) is 0 Å². The fourth-order valence-electron chi connectivity index (χ4n) is 2.74. The summed E-state index contributed by atoms with van der Waals surface area (Å²) in [6.45, 7) is 3.85. The first-order chi connectivity index (χ1) is 9.70. The Morgan fingerprint density at radius 3 is 2.90 bits per heavy atom. The number of aliphatic hydroxyl groups excluding tert-OH is 1. The number of aliphatic hydroxyl groups is 1. The third-order valence-electron chi connectivity index (χ3n) is 3.85. The second kappa shape index (κ2) is 7.41. The zero-order chi connectivity index (χ0) is 14.4. The lowest BCUT2D eigenvalue weighted by molar-refractivity contribution is -0.126. The van der Waals surface area contributed by atoms with Crippen molar-refractivity contribution in [3.63, 3.8) is 0 Å². The maximum atomic E-state index is 12.3. The van der Waals surface area contributed by atoms with E-state index in [1.54, 1.807) is 0 Å². The van der Waals surface area contributed by atoms with Gasteiger partial charge in [-0.3, -0.25) is 9.69 Å². The van der Waals surface area contributed by atoms with Crippen LogP contribution in [0.5, 0.6) is 0 Å². The number of carbonyl (C=O) groups excluding carboxylic acids is 1. The van der Waals surface area contributed by atoms with Gasteiger partial charge in [-0.05, 0) is 38.3 Å². The van der Waals surface area contributed by atoms with Crippen molar-refractivity contribution in [2.45, 2.75) is 44.8 Å². The summed E-state index contributed by atoms with van der Waals surface area (Å²) in [5, 5.41) is 11.9. The summed E-state index contributed by atoms with van der Waals surface area (Å²) >= 11 is 0. The lowest BCUT2D eigenvalue weighted by atomic mass is 10.1. The van der Waals surface area contributed by atoms with Crippen molar-refractivity contribution in [2.75, 3.05) is 13.2 Å². The van der Waals surface area contributed by atoms with Gasteiger partial charge in [-0.2, -0.15) is 0 Å². The van der Waals surface area contributed by atoms with E-state index in [0.29, 0.717) is 6.42 Å². The molecule has 1 aliphatic rings. The molecule has 1 aromatic rings. The van der Waals surface area contributed by atoms with Gasteiger partial charge in [0.2, 0.25) is 5.91 Å². The summed E-state index contributed by atoms with van der Waals surface area (Å²) in [5.41, 5.74) is 1.25. The standard InChI is InChI=1S/C16H24N2O2/c1-13(9-11-19)17-16(20)15-8-5-10-18(15)12-14-6-3-2-4-7-14/h2-4,6-7,13,15,19H,5,8-12H2,1H3,(H,17,20). The highest BCUT2D eigenvalue weighted by Gasteiger charge is 2.30. The zero-order valence-electron chi connectivity index (χ0n) is 12.1. The van der Waals surface area contributed by atoms with Crippen molar-refractivity contribution in [1.82, 2.24) is 10.2 Å². The Hall–Kier alpha value is -1.39. The molecule has 1 amide bonds. The smallest absolute Gasteiger partial charge is 0.237 e. The number of amides is 1. The van der Waals surface area contributed by atoms with Crippen molar-refractivity contribution >= 4 is 5.91 Å². The first-order valence-electron chi connectivity index (χ1n) is 7.40. The lowest BCUT2D eigenvalue weighted by Crippen LogP contribution is -2.46. The molecule has 1 fully saturated rings. The van der Waals surface area contributed by atoms with Gasteiger partial charge < -0.3 is 10.4 Å². The van der Waals surface area contributed by atoms with E-state index in [1.807, 2.05) is 25.1 Å². The molecular weight excluding hydrogens is 252 g/mol. The molecule has 0 spiro atoms. The topological polar surface area (TPSA) is 52.6 Å². The van der Waals surface area contributed by atoms with Crippen molar-refractivity contribution in [3.8, 4) is 0 Å². The zero-order valence-corrected chi connectivity index (χ0v) is 12.1. The molecule has 4 heteroatoms. The largest absolute Gasteiger partial charge is 0.396 e. The number of hydrogen-bond donors (Lipinski definition) is 2. The predicted octanol–water partition coefficient (Wildman–Crippen LogP) is 1.54. The van der Waals surface area contributed by atoms with Crippen LogP contribution in [-0.2, 0) is 11.3 Å². The maximum Gasteiger partial charge on any atom is 0.237 e. The summed E-state index contributed by atoms with van der Waals surface area (Å²) in [5.74, 6) is 0.0966. The molecule has 0 aliphatic carbocycles. The second-order valence-electron chi connectivity index (χ2n) is 5.54. The van der Waals surface area contributed by atoms with Crippen LogP contribution in [-0.4, -0.2) is 41.1 Å². The monoisotopic (exact) mass is 276 g/mol. The van der Waals surface area contributed by atoms with E-state index >= 15 is 0 Å². The van der Waals surface area contributed by atoms with Crippen molar-refractivity contribution in [2.24, 2.45) is 0 Å². The Bertz CT molecular complexity index is 422. The highest BCUT2D eigenvalue weighted by Crippen LogP contribution is 2.20. The minimum absolute atomic E-state index is 0.0312. The average molecular weight is 276 g/mol. The number of nitrogens with zero attached hydrogens (tertiary/aromatic N) is 1. The molecule has 0 aromatic heterocycles. The third-order valence-corrected chi connectivity index (χ3v) is 3.85. The first kappa shape index (κ1) is 15.0. The van der Waals surface area contributed by atoms with Crippen LogP contribution in [0, 0.1) is 0 Å². The molecule has 2 atom stereocenters. The van der Waals surface area contributed by atoms with Gasteiger partial charge in [0.05, 0.1) is 6.04 Å². The molecule has 0 bridgehead atoms. The highest BCUT2D eigenvalue weighted by molar-refractivity contribution is 5.82. The third kappa shape index (κ3) is 4.05. The van der Waals surface area contributed by atoms with E-state index in [2.05, 4.69) is 22.3 Å². The molecule has 4 nitrogen and oxygen atoms in total. The van der Waals surface area contributed by atoms with Crippen molar-refractivity contribution in [3.05, 3.63) is 35.9 Å². The fourth-order valence-corrected chi connectivity index (χ4v) is 2.74. The van der Waals surface area contributed by atoms with E-state index in [4.69, 9.17) is 5.11 Å². The van der Waals surface area contributed by atoms with E-state index in [9.17, 15) is 4.79 Å². The number of nitrogens with one attached hydrogen (secondary N) is 1. The van der Waals surface area contributed by atoms with Crippen LogP contribution in [0.3, 0.4) is 0 Å². The van der Waals surface area contributed by atoms with Gasteiger partial charge in [0.15, 0.2) is 0 Å². The Morgan fingerprint density at radius 1 is 1.45 bits per heavy atom. The molecule has 2 unspecified atom stereocenters.